The molecule has 0 N–H and O–H groups in total. The van der Waals surface area contributed by atoms with E-state index in [2.05, 4.69) is 9.97 Å². The summed E-state index contributed by atoms with van der Waals surface area (Å²) in [5.74, 6) is 1.17. The smallest absolute Gasteiger partial charge is 0.235 e. The highest BCUT2D eigenvalue weighted by atomic mass is 35.5. The van der Waals surface area contributed by atoms with Crippen molar-refractivity contribution in [2.45, 2.75) is 26.4 Å². The van der Waals surface area contributed by atoms with Gasteiger partial charge in [-0.15, -0.1) is 11.6 Å². The Balaban J connectivity index is 1.95. The number of nitrogens with zero attached hydrogens (tertiary/aromatic N) is 3. The van der Waals surface area contributed by atoms with E-state index in [1.165, 1.54) is 19.5 Å². The first kappa shape index (κ1) is 15.8. The van der Waals surface area contributed by atoms with Crippen LogP contribution >= 0.6 is 11.6 Å². The van der Waals surface area contributed by atoms with Crippen LogP contribution in [0.1, 0.15) is 20.3 Å². The maximum Gasteiger partial charge on any atom is 0.235 e. The van der Waals surface area contributed by atoms with Crippen molar-refractivity contribution in [2.24, 2.45) is 5.41 Å². The minimum absolute atomic E-state index is 0.0559. The Hall–Kier alpha value is -1.56. The number of ether oxygens (including phenoxy) is 2. The molecule has 6 nitrogen and oxygen atoms in total. The lowest BCUT2D eigenvalue weighted by molar-refractivity contribution is -0.138. The molecule has 1 fully saturated rings. The second-order valence-electron chi connectivity index (χ2n) is 5.70. The van der Waals surface area contributed by atoms with Gasteiger partial charge in [0.15, 0.2) is 0 Å². The first-order valence-corrected chi connectivity index (χ1v) is 7.38. The van der Waals surface area contributed by atoms with Crippen molar-refractivity contribution in [3.63, 3.8) is 0 Å². The Kier molecular flexibility index (Phi) is 4.88. The van der Waals surface area contributed by atoms with Gasteiger partial charge in [0.2, 0.25) is 17.7 Å². The summed E-state index contributed by atoms with van der Waals surface area (Å²) in [6.45, 7) is 4.91. The maximum absolute atomic E-state index is 12.3. The molecule has 1 aromatic rings. The summed E-state index contributed by atoms with van der Waals surface area (Å²) < 4.78 is 10.8. The highest BCUT2D eigenvalue weighted by molar-refractivity contribution is 6.19. The van der Waals surface area contributed by atoms with Gasteiger partial charge in [0.25, 0.3) is 0 Å². The summed E-state index contributed by atoms with van der Waals surface area (Å²) in [5, 5.41) is 0. The van der Waals surface area contributed by atoms with Gasteiger partial charge in [-0.2, -0.15) is 4.98 Å². The Morgan fingerprint density at radius 1 is 1.48 bits per heavy atom. The van der Waals surface area contributed by atoms with E-state index in [1.54, 1.807) is 4.90 Å². The number of hydrogen-bond donors (Lipinski definition) is 0. The number of methoxy groups -OCH3 is 1. The van der Waals surface area contributed by atoms with Crippen LogP contribution in [-0.2, 0) is 4.79 Å². The second-order valence-corrected chi connectivity index (χ2v) is 5.96. The van der Waals surface area contributed by atoms with E-state index in [-0.39, 0.29) is 12.0 Å². The van der Waals surface area contributed by atoms with Crippen molar-refractivity contribution in [1.82, 2.24) is 14.9 Å². The molecule has 2 heterocycles. The lowest BCUT2D eigenvalue weighted by atomic mass is 9.94. The summed E-state index contributed by atoms with van der Waals surface area (Å²) in [5.41, 5.74) is -0.549. The average molecular weight is 314 g/mol. The molecule has 0 aromatic carbocycles. The number of rotatable bonds is 5. The van der Waals surface area contributed by atoms with Crippen molar-refractivity contribution in [2.75, 3.05) is 26.1 Å². The predicted molar refractivity (Wildman–Crippen MR) is 78.7 cm³/mol. The molecular weight excluding hydrogens is 294 g/mol. The molecule has 0 aliphatic carbocycles. The summed E-state index contributed by atoms with van der Waals surface area (Å²) >= 11 is 5.86. The summed E-state index contributed by atoms with van der Waals surface area (Å²) in [6.07, 6.45) is 3.74. The zero-order valence-electron chi connectivity index (χ0n) is 12.5. The lowest BCUT2D eigenvalue weighted by Crippen LogP contribution is -2.41. The maximum atomic E-state index is 12.3. The number of likely N-dealkylation sites (tertiary alicyclic amines) is 1. The van der Waals surface area contributed by atoms with Crippen LogP contribution in [0, 0.1) is 5.41 Å². The normalized spacial score (nSPS) is 18.7. The van der Waals surface area contributed by atoms with Crippen LogP contribution in [0.4, 0.5) is 0 Å². The molecule has 116 valence electrons. The zero-order valence-corrected chi connectivity index (χ0v) is 13.3. The number of carbonyl (C=O) groups excluding carboxylic acids is 1. The molecule has 1 saturated heterocycles. The molecular formula is C14H20ClN3O3. The molecule has 2 rings (SSSR count). The molecule has 1 aliphatic rings. The van der Waals surface area contributed by atoms with Gasteiger partial charge >= 0.3 is 0 Å². The van der Waals surface area contributed by atoms with Crippen molar-refractivity contribution in [3.05, 3.63) is 12.4 Å². The third kappa shape index (κ3) is 3.75. The number of alkyl halides is 1. The number of halogens is 1. The number of carbonyl (C=O) groups is 1. The van der Waals surface area contributed by atoms with Crippen LogP contribution < -0.4 is 9.47 Å². The molecule has 7 heteroatoms. The van der Waals surface area contributed by atoms with Gasteiger partial charge in [0.1, 0.15) is 6.10 Å². The zero-order chi connectivity index (χ0) is 15.5. The van der Waals surface area contributed by atoms with E-state index in [0.717, 1.165) is 6.42 Å². The Bertz CT molecular complexity index is 510. The molecule has 0 saturated carbocycles. The average Bonchev–Trinajstić information content (AvgIpc) is 2.95. The van der Waals surface area contributed by atoms with Gasteiger partial charge < -0.3 is 14.4 Å². The van der Waals surface area contributed by atoms with E-state index in [9.17, 15) is 4.79 Å². The summed E-state index contributed by atoms with van der Waals surface area (Å²) in [4.78, 5) is 22.3. The number of hydrogen-bond acceptors (Lipinski definition) is 5. The van der Waals surface area contributed by atoms with E-state index in [4.69, 9.17) is 21.1 Å². The van der Waals surface area contributed by atoms with Crippen molar-refractivity contribution in [1.29, 1.82) is 0 Å². The highest BCUT2D eigenvalue weighted by Crippen LogP contribution is 2.25. The van der Waals surface area contributed by atoms with Gasteiger partial charge in [0, 0.05) is 18.8 Å². The molecule has 0 spiro atoms. The topological polar surface area (TPSA) is 64.6 Å². The fourth-order valence-corrected chi connectivity index (χ4v) is 2.27. The lowest BCUT2D eigenvalue weighted by Gasteiger charge is -2.27. The fraction of sp³-hybridized carbons (Fsp3) is 0.643. The van der Waals surface area contributed by atoms with E-state index < -0.39 is 5.41 Å². The SMILES string of the molecule is COc1cncc(OC2CCN(C(=O)C(C)(C)CCl)C2)n1. The fourth-order valence-electron chi connectivity index (χ4n) is 2.15. The predicted octanol–water partition coefficient (Wildman–Crippen LogP) is 1.73. The third-order valence-electron chi connectivity index (χ3n) is 3.43. The van der Waals surface area contributed by atoms with Crippen molar-refractivity contribution in [3.8, 4) is 11.8 Å². The molecule has 0 bridgehead atoms. The molecule has 21 heavy (non-hydrogen) atoms. The van der Waals surface area contributed by atoms with Gasteiger partial charge in [-0.25, -0.2) is 0 Å². The van der Waals surface area contributed by atoms with Gasteiger partial charge in [0.05, 0.1) is 31.5 Å². The van der Waals surface area contributed by atoms with Crippen LogP contribution in [0.5, 0.6) is 11.8 Å². The van der Waals surface area contributed by atoms with Crippen LogP contribution in [0.2, 0.25) is 0 Å². The van der Waals surface area contributed by atoms with E-state index in [1.807, 2.05) is 13.8 Å². The summed E-state index contributed by atoms with van der Waals surface area (Å²) in [6, 6.07) is 0. The third-order valence-corrected chi connectivity index (χ3v) is 4.10. The van der Waals surface area contributed by atoms with Crippen LogP contribution in [-0.4, -0.2) is 53.0 Å². The van der Waals surface area contributed by atoms with E-state index >= 15 is 0 Å². The Morgan fingerprint density at radius 2 is 2.19 bits per heavy atom. The minimum atomic E-state index is -0.549. The number of aromatic nitrogens is 2. The molecule has 1 amide bonds. The Morgan fingerprint density at radius 3 is 2.86 bits per heavy atom. The Labute approximate surface area is 129 Å². The quantitative estimate of drug-likeness (QED) is 0.775. The van der Waals surface area contributed by atoms with Gasteiger partial charge in [-0.3, -0.25) is 9.78 Å². The molecule has 1 atom stereocenters. The molecule has 0 radical (unpaired) electrons. The van der Waals surface area contributed by atoms with Gasteiger partial charge in [-0.05, 0) is 13.8 Å². The first-order chi connectivity index (χ1) is 9.96. The largest absolute Gasteiger partial charge is 0.480 e. The van der Waals surface area contributed by atoms with Crippen molar-refractivity contribution >= 4 is 17.5 Å². The van der Waals surface area contributed by atoms with Crippen molar-refractivity contribution < 1.29 is 14.3 Å². The first-order valence-electron chi connectivity index (χ1n) is 6.84. The highest BCUT2D eigenvalue weighted by Gasteiger charge is 2.36. The molecule has 1 aliphatic heterocycles. The van der Waals surface area contributed by atoms with Crippen LogP contribution in [0.25, 0.3) is 0 Å². The second kappa shape index (κ2) is 6.47. The minimum Gasteiger partial charge on any atom is -0.480 e. The molecule has 1 aromatic heterocycles. The standard InChI is InChI=1S/C14H20ClN3O3/c1-14(2,9-15)13(19)18-5-4-10(8-18)21-12-7-16-6-11(17-12)20-3/h6-7,10H,4-5,8-9H2,1-3H3. The number of amides is 1. The van der Waals surface area contributed by atoms with Crippen LogP contribution in [0.15, 0.2) is 12.4 Å². The van der Waals surface area contributed by atoms with E-state index in [0.29, 0.717) is 30.7 Å². The monoisotopic (exact) mass is 313 g/mol. The molecule has 1 unspecified atom stereocenters. The summed E-state index contributed by atoms with van der Waals surface area (Å²) in [7, 11) is 1.53. The van der Waals surface area contributed by atoms with Crippen LogP contribution in [0.3, 0.4) is 0 Å². The van der Waals surface area contributed by atoms with Gasteiger partial charge in [-0.1, -0.05) is 0 Å².